The zero-order chi connectivity index (χ0) is 12.5. The molecule has 0 bridgehead atoms. The van der Waals surface area contributed by atoms with Crippen molar-refractivity contribution in [3.63, 3.8) is 0 Å². The molecule has 2 nitrogen and oxygen atoms in total. The molecule has 3 rings (SSSR count). The Morgan fingerprint density at radius 1 is 0.889 bits per heavy atom. The molecule has 2 saturated carbocycles. The molecule has 104 valence electrons. The Hall–Kier alpha value is -0.220. The molecule has 1 aliphatic heterocycles. The Kier molecular flexibility index (Phi) is 3.85. The number of hydrogen-bond acceptors (Lipinski definition) is 2. The third-order valence-corrected chi connectivity index (χ3v) is 4.91. The number of ether oxygens (including phenoxy) is 1. The minimum Gasteiger partial charge on any atom is -0.362 e. The SMILES string of the molecule is FC1CCC(N2COC3CCC(F)CC3C2)CC1. The molecule has 3 unspecified atom stereocenters. The van der Waals surface area contributed by atoms with Crippen molar-refractivity contribution in [3.8, 4) is 0 Å². The van der Waals surface area contributed by atoms with Crippen LogP contribution in [0.1, 0.15) is 44.9 Å². The van der Waals surface area contributed by atoms with Gasteiger partial charge in [0.25, 0.3) is 0 Å². The molecule has 4 heteroatoms. The van der Waals surface area contributed by atoms with Gasteiger partial charge in [-0.2, -0.15) is 0 Å². The van der Waals surface area contributed by atoms with Crippen molar-refractivity contribution in [1.82, 2.24) is 4.90 Å². The maximum Gasteiger partial charge on any atom is 0.101 e. The van der Waals surface area contributed by atoms with E-state index in [2.05, 4.69) is 4.90 Å². The number of nitrogens with zero attached hydrogens (tertiary/aromatic N) is 1. The monoisotopic (exact) mass is 259 g/mol. The first kappa shape index (κ1) is 12.8. The molecule has 3 fully saturated rings. The van der Waals surface area contributed by atoms with Crippen LogP contribution in [0.4, 0.5) is 8.78 Å². The molecule has 3 atom stereocenters. The highest BCUT2D eigenvalue weighted by Gasteiger charge is 2.38. The van der Waals surface area contributed by atoms with Gasteiger partial charge in [-0.25, -0.2) is 8.78 Å². The van der Waals surface area contributed by atoms with Crippen molar-refractivity contribution in [2.75, 3.05) is 13.3 Å². The number of rotatable bonds is 1. The fourth-order valence-corrected chi connectivity index (χ4v) is 3.79. The van der Waals surface area contributed by atoms with Crippen LogP contribution in [-0.4, -0.2) is 42.7 Å². The van der Waals surface area contributed by atoms with Gasteiger partial charge in [0.2, 0.25) is 0 Å². The molecule has 0 aromatic rings. The van der Waals surface area contributed by atoms with Gasteiger partial charge in [0, 0.05) is 18.5 Å². The number of halogens is 2. The highest BCUT2D eigenvalue weighted by molar-refractivity contribution is 4.88. The second-order valence-corrected chi connectivity index (χ2v) is 6.18. The predicted molar refractivity (Wildman–Crippen MR) is 65.8 cm³/mol. The molecule has 1 heterocycles. The Balaban J connectivity index is 1.55. The first-order valence-corrected chi connectivity index (χ1v) is 7.36. The van der Waals surface area contributed by atoms with Gasteiger partial charge < -0.3 is 4.74 Å². The van der Waals surface area contributed by atoms with Gasteiger partial charge >= 0.3 is 0 Å². The fraction of sp³-hybridized carbons (Fsp3) is 1.00. The molecule has 0 radical (unpaired) electrons. The smallest absolute Gasteiger partial charge is 0.101 e. The molecule has 0 N–H and O–H groups in total. The summed E-state index contributed by atoms with van der Waals surface area (Å²) in [5, 5.41) is 0. The van der Waals surface area contributed by atoms with Crippen LogP contribution in [0.15, 0.2) is 0 Å². The van der Waals surface area contributed by atoms with E-state index in [1.165, 1.54) is 0 Å². The summed E-state index contributed by atoms with van der Waals surface area (Å²) >= 11 is 0. The lowest BCUT2D eigenvalue weighted by Gasteiger charge is -2.45. The van der Waals surface area contributed by atoms with Crippen LogP contribution in [0, 0.1) is 5.92 Å². The van der Waals surface area contributed by atoms with E-state index in [1.807, 2.05) is 0 Å². The lowest BCUT2D eigenvalue weighted by atomic mass is 9.83. The van der Waals surface area contributed by atoms with Gasteiger partial charge in [-0.05, 0) is 44.9 Å². The van der Waals surface area contributed by atoms with Gasteiger partial charge in [0.05, 0.1) is 12.8 Å². The lowest BCUT2D eigenvalue weighted by Crippen LogP contribution is -2.52. The van der Waals surface area contributed by atoms with E-state index in [1.54, 1.807) is 0 Å². The van der Waals surface area contributed by atoms with Crippen LogP contribution in [0.2, 0.25) is 0 Å². The number of fused-ring (bicyclic) bond motifs is 1. The minimum absolute atomic E-state index is 0.269. The van der Waals surface area contributed by atoms with E-state index in [0.29, 0.717) is 44.4 Å². The zero-order valence-corrected chi connectivity index (χ0v) is 10.9. The van der Waals surface area contributed by atoms with Crippen molar-refractivity contribution in [2.24, 2.45) is 5.92 Å². The van der Waals surface area contributed by atoms with E-state index in [0.717, 1.165) is 25.8 Å². The summed E-state index contributed by atoms with van der Waals surface area (Å²) in [4.78, 5) is 2.32. The Bertz CT molecular complexity index is 281. The lowest BCUT2D eigenvalue weighted by molar-refractivity contribution is -0.141. The maximum absolute atomic E-state index is 13.5. The summed E-state index contributed by atoms with van der Waals surface area (Å²) in [6.07, 6.45) is 4.43. The molecule has 2 aliphatic carbocycles. The first-order chi connectivity index (χ1) is 8.72. The van der Waals surface area contributed by atoms with E-state index in [-0.39, 0.29) is 6.10 Å². The van der Waals surface area contributed by atoms with Gasteiger partial charge in [0.1, 0.15) is 12.3 Å². The van der Waals surface area contributed by atoms with Gasteiger partial charge in [-0.15, -0.1) is 0 Å². The topological polar surface area (TPSA) is 12.5 Å². The molecular weight excluding hydrogens is 236 g/mol. The normalized spacial score (nSPS) is 46.7. The molecule has 0 amide bonds. The van der Waals surface area contributed by atoms with Crippen molar-refractivity contribution in [1.29, 1.82) is 0 Å². The molecule has 0 aromatic heterocycles. The molecule has 0 spiro atoms. The van der Waals surface area contributed by atoms with Crippen LogP contribution in [0.3, 0.4) is 0 Å². The molecule has 1 saturated heterocycles. The average Bonchev–Trinajstić information content (AvgIpc) is 2.38. The number of hydrogen-bond donors (Lipinski definition) is 0. The van der Waals surface area contributed by atoms with Gasteiger partial charge in [-0.1, -0.05) is 0 Å². The molecule has 3 aliphatic rings. The van der Waals surface area contributed by atoms with E-state index in [4.69, 9.17) is 4.74 Å². The van der Waals surface area contributed by atoms with Crippen molar-refractivity contribution in [3.05, 3.63) is 0 Å². The van der Waals surface area contributed by atoms with Crippen LogP contribution in [-0.2, 0) is 4.74 Å². The zero-order valence-electron chi connectivity index (χ0n) is 10.9. The highest BCUT2D eigenvalue weighted by atomic mass is 19.1. The maximum atomic E-state index is 13.5. The van der Waals surface area contributed by atoms with Crippen molar-refractivity contribution < 1.29 is 13.5 Å². The molecule has 18 heavy (non-hydrogen) atoms. The predicted octanol–water partition coefficient (Wildman–Crippen LogP) is 3.06. The summed E-state index contributed by atoms with van der Waals surface area (Å²) in [6, 6.07) is 0.456. The quantitative estimate of drug-likeness (QED) is 0.717. The Morgan fingerprint density at radius 2 is 1.61 bits per heavy atom. The second-order valence-electron chi connectivity index (χ2n) is 6.18. The highest BCUT2D eigenvalue weighted by Crippen LogP contribution is 2.35. The Labute approximate surface area is 108 Å². The Morgan fingerprint density at radius 3 is 2.39 bits per heavy atom. The molecule has 0 aromatic carbocycles. The van der Waals surface area contributed by atoms with Crippen LogP contribution in [0.25, 0.3) is 0 Å². The summed E-state index contributed by atoms with van der Waals surface area (Å²) in [7, 11) is 0. The van der Waals surface area contributed by atoms with Crippen LogP contribution < -0.4 is 0 Å². The summed E-state index contributed by atoms with van der Waals surface area (Å²) in [6.45, 7) is 1.62. The van der Waals surface area contributed by atoms with Crippen LogP contribution in [0.5, 0.6) is 0 Å². The number of alkyl halides is 2. The van der Waals surface area contributed by atoms with Crippen molar-refractivity contribution >= 4 is 0 Å². The second kappa shape index (κ2) is 5.41. The summed E-state index contributed by atoms with van der Waals surface area (Å²) < 4.78 is 32.5. The minimum atomic E-state index is -0.642. The van der Waals surface area contributed by atoms with Gasteiger partial charge in [0.15, 0.2) is 0 Å². The average molecular weight is 259 g/mol. The standard InChI is InChI=1S/C14H23F2NO/c15-11-1-4-13(5-2-11)17-8-10-7-12(16)3-6-14(10)18-9-17/h10-14H,1-9H2. The van der Waals surface area contributed by atoms with Crippen molar-refractivity contribution in [2.45, 2.75) is 69.4 Å². The third-order valence-electron chi connectivity index (χ3n) is 4.91. The first-order valence-electron chi connectivity index (χ1n) is 7.36. The van der Waals surface area contributed by atoms with Gasteiger partial charge in [-0.3, -0.25) is 4.90 Å². The fourth-order valence-electron chi connectivity index (χ4n) is 3.79. The summed E-state index contributed by atoms with van der Waals surface area (Å²) in [5.41, 5.74) is 0. The van der Waals surface area contributed by atoms with E-state index in [9.17, 15) is 8.78 Å². The molecular formula is C14H23F2NO. The van der Waals surface area contributed by atoms with Crippen LogP contribution >= 0.6 is 0 Å². The largest absolute Gasteiger partial charge is 0.362 e. The van der Waals surface area contributed by atoms with E-state index >= 15 is 0 Å². The van der Waals surface area contributed by atoms with E-state index < -0.39 is 12.3 Å². The summed E-state index contributed by atoms with van der Waals surface area (Å²) in [5.74, 6) is 0.352. The third kappa shape index (κ3) is 2.69.